The van der Waals surface area contributed by atoms with E-state index in [-0.39, 0.29) is 24.1 Å². The molecule has 1 unspecified atom stereocenters. The Balaban J connectivity index is 1.53. The van der Waals surface area contributed by atoms with Crippen molar-refractivity contribution >= 4 is 29.1 Å². The van der Waals surface area contributed by atoms with E-state index in [2.05, 4.69) is 5.32 Å². The number of anilines is 2. The average Bonchev–Trinajstić information content (AvgIpc) is 3.04. The minimum absolute atomic E-state index is 0.0252. The average molecular weight is 399 g/mol. The van der Waals surface area contributed by atoms with Crippen LogP contribution in [-0.2, 0) is 4.79 Å². The van der Waals surface area contributed by atoms with Gasteiger partial charge in [-0.15, -0.1) is 0 Å². The van der Waals surface area contributed by atoms with E-state index in [0.29, 0.717) is 28.1 Å². The summed E-state index contributed by atoms with van der Waals surface area (Å²) in [6, 6.07) is 20.2. The molecule has 0 saturated heterocycles. The molecule has 0 radical (unpaired) electrons. The van der Waals surface area contributed by atoms with Crippen LogP contribution in [0.5, 0.6) is 5.75 Å². The van der Waals surface area contributed by atoms with Crippen LogP contribution in [0.1, 0.15) is 32.4 Å². The molecule has 3 amide bonds. The number of fused-ring (bicyclic) bond motifs is 5. The molecule has 148 valence electrons. The SMILES string of the molecule is O=C(CN1C(=O)c2ccccc2N2C(=O)c3ccccc3C12)Nc1cccc(O)c1. The van der Waals surface area contributed by atoms with Crippen LogP contribution in [-0.4, -0.2) is 34.3 Å². The molecule has 5 rings (SSSR count). The van der Waals surface area contributed by atoms with Gasteiger partial charge in [-0.25, -0.2) is 0 Å². The highest BCUT2D eigenvalue weighted by Crippen LogP contribution is 2.44. The first-order valence-electron chi connectivity index (χ1n) is 9.46. The maximum atomic E-state index is 13.3. The number of para-hydroxylation sites is 1. The lowest BCUT2D eigenvalue weighted by Crippen LogP contribution is -2.50. The molecule has 0 fully saturated rings. The van der Waals surface area contributed by atoms with E-state index in [9.17, 15) is 19.5 Å². The van der Waals surface area contributed by atoms with Crippen molar-refractivity contribution in [2.24, 2.45) is 0 Å². The molecular formula is C23H17N3O4. The van der Waals surface area contributed by atoms with Crippen molar-refractivity contribution in [1.29, 1.82) is 0 Å². The number of aromatic hydroxyl groups is 1. The Hall–Kier alpha value is -4.13. The van der Waals surface area contributed by atoms with Crippen LogP contribution in [0.3, 0.4) is 0 Å². The second kappa shape index (κ2) is 6.73. The second-order valence-corrected chi connectivity index (χ2v) is 7.18. The van der Waals surface area contributed by atoms with Crippen LogP contribution in [0.2, 0.25) is 0 Å². The van der Waals surface area contributed by atoms with E-state index in [1.54, 1.807) is 59.5 Å². The minimum atomic E-state index is -0.689. The quantitative estimate of drug-likeness (QED) is 0.708. The number of nitrogens with one attached hydrogen (secondary N) is 1. The number of carbonyl (C=O) groups excluding carboxylic acids is 3. The fraction of sp³-hybridized carbons (Fsp3) is 0.0870. The molecule has 2 heterocycles. The number of carbonyl (C=O) groups is 3. The fourth-order valence-electron chi connectivity index (χ4n) is 4.07. The molecule has 30 heavy (non-hydrogen) atoms. The summed E-state index contributed by atoms with van der Waals surface area (Å²) < 4.78 is 0. The van der Waals surface area contributed by atoms with E-state index in [4.69, 9.17) is 0 Å². The molecule has 0 saturated carbocycles. The topological polar surface area (TPSA) is 90.0 Å². The molecule has 7 nitrogen and oxygen atoms in total. The van der Waals surface area contributed by atoms with Gasteiger partial charge in [-0.1, -0.05) is 36.4 Å². The van der Waals surface area contributed by atoms with Crippen LogP contribution in [0.4, 0.5) is 11.4 Å². The zero-order valence-electron chi connectivity index (χ0n) is 15.8. The van der Waals surface area contributed by atoms with Gasteiger partial charge in [-0.2, -0.15) is 0 Å². The Kier molecular flexibility index (Phi) is 4.03. The van der Waals surface area contributed by atoms with Gasteiger partial charge in [0.25, 0.3) is 11.8 Å². The van der Waals surface area contributed by atoms with E-state index in [0.717, 1.165) is 0 Å². The molecule has 7 heteroatoms. The number of nitrogens with zero attached hydrogens (tertiary/aromatic N) is 2. The lowest BCUT2D eigenvalue weighted by atomic mass is 10.0. The zero-order chi connectivity index (χ0) is 20.8. The maximum absolute atomic E-state index is 13.3. The third kappa shape index (κ3) is 2.71. The highest BCUT2D eigenvalue weighted by atomic mass is 16.3. The van der Waals surface area contributed by atoms with Gasteiger partial charge in [-0.3, -0.25) is 19.3 Å². The first kappa shape index (κ1) is 17.9. The first-order valence-corrected chi connectivity index (χ1v) is 9.46. The summed E-state index contributed by atoms with van der Waals surface area (Å²) in [4.78, 5) is 42.1. The van der Waals surface area contributed by atoms with Gasteiger partial charge in [0.2, 0.25) is 5.91 Å². The van der Waals surface area contributed by atoms with Gasteiger partial charge in [0.1, 0.15) is 18.5 Å². The Morgan fingerprint density at radius 1 is 0.900 bits per heavy atom. The molecule has 2 aliphatic heterocycles. The minimum Gasteiger partial charge on any atom is -0.508 e. The number of phenolic OH excluding ortho intramolecular Hbond substituents is 1. The van der Waals surface area contributed by atoms with Gasteiger partial charge < -0.3 is 15.3 Å². The standard InChI is InChI=1S/C23H17N3O4/c27-15-7-5-6-14(12-15)24-20(28)13-25-21-16-8-1-2-9-17(16)23(30)26(21)19-11-4-3-10-18(19)22(25)29/h1-12,21,27H,13H2,(H,24,28). The summed E-state index contributed by atoms with van der Waals surface area (Å²) in [5, 5.41) is 12.3. The summed E-state index contributed by atoms with van der Waals surface area (Å²) in [6.45, 7) is -0.244. The van der Waals surface area contributed by atoms with Gasteiger partial charge in [0, 0.05) is 22.9 Å². The van der Waals surface area contributed by atoms with Gasteiger partial charge in [0.15, 0.2) is 0 Å². The number of phenols is 1. The van der Waals surface area contributed by atoms with Crippen molar-refractivity contribution in [1.82, 2.24) is 4.90 Å². The lowest BCUT2D eigenvalue weighted by Gasteiger charge is -2.40. The van der Waals surface area contributed by atoms with Crippen molar-refractivity contribution < 1.29 is 19.5 Å². The third-order valence-corrected chi connectivity index (χ3v) is 5.33. The summed E-state index contributed by atoms with van der Waals surface area (Å²) >= 11 is 0. The first-order chi connectivity index (χ1) is 14.5. The number of benzene rings is 3. The highest BCUT2D eigenvalue weighted by Gasteiger charge is 2.47. The molecule has 0 bridgehead atoms. The summed E-state index contributed by atoms with van der Waals surface area (Å²) in [7, 11) is 0. The van der Waals surface area contributed by atoms with Gasteiger partial charge >= 0.3 is 0 Å². The number of rotatable bonds is 3. The van der Waals surface area contributed by atoms with E-state index < -0.39 is 12.1 Å². The monoisotopic (exact) mass is 399 g/mol. The van der Waals surface area contributed by atoms with Crippen LogP contribution >= 0.6 is 0 Å². The van der Waals surface area contributed by atoms with Crippen molar-refractivity contribution in [3.8, 4) is 5.75 Å². The van der Waals surface area contributed by atoms with Crippen molar-refractivity contribution in [3.63, 3.8) is 0 Å². The fourth-order valence-corrected chi connectivity index (χ4v) is 4.07. The molecule has 2 aliphatic rings. The smallest absolute Gasteiger partial charge is 0.260 e. The Labute approximate surface area is 172 Å². The normalized spacial score (nSPS) is 16.7. The van der Waals surface area contributed by atoms with Crippen LogP contribution in [0.25, 0.3) is 0 Å². The van der Waals surface area contributed by atoms with E-state index in [1.165, 1.54) is 17.0 Å². The molecule has 0 spiro atoms. The number of hydrogen-bond donors (Lipinski definition) is 2. The van der Waals surface area contributed by atoms with E-state index >= 15 is 0 Å². The number of amides is 3. The third-order valence-electron chi connectivity index (χ3n) is 5.33. The molecule has 0 aliphatic carbocycles. The van der Waals surface area contributed by atoms with Crippen LogP contribution in [0, 0.1) is 0 Å². The number of hydrogen-bond acceptors (Lipinski definition) is 4. The molecule has 2 N–H and O–H groups in total. The summed E-state index contributed by atoms with van der Waals surface area (Å²) in [6.07, 6.45) is -0.689. The van der Waals surface area contributed by atoms with Crippen molar-refractivity contribution in [3.05, 3.63) is 89.5 Å². The predicted molar refractivity (Wildman–Crippen MR) is 110 cm³/mol. The molecule has 0 aromatic heterocycles. The van der Waals surface area contributed by atoms with Crippen LogP contribution in [0.15, 0.2) is 72.8 Å². The summed E-state index contributed by atoms with van der Waals surface area (Å²) in [5.41, 5.74) is 2.55. The maximum Gasteiger partial charge on any atom is 0.260 e. The molecular weight excluding hydrogens is 382 g/mol. The van der Waals surface area contributed by atoms with Crippen molar-refractivity contribution in [2.45, 2.75) is 6.17 Å². The molecule has 3 aromatic carbocycles. The lowest BCUT2D eigenvalue weighted by molar-refractivity contribution is -0.117. The summed E-state index contributed by atoms with van der Waals surface area (Å²) in [5.74, 6) is -0.918. The van der Waals surface area contributed by atoms with Crippen molar-refractivity contribution in [2.75, 3.05) is 16.8 Å². The highest BCUT2D eigenvalue weighted by molar-refractivity contribution is 6.17. The van der Waals surface area contributed by atoms with Gasteiger partial charge in [-0.05, 0) is 30.3 Å². The second-order valence-electron chi connectivity index (χ2n) is 7.18. The van der Waals surface area contributed by atoms with Gasteiger partial charge in [0.05, 0.1) is 11.3 Å². The zero-order valence-corrected chi connectivity index (χ0v) is 15.8. The van der Waals surface area contributed by atoms with E-state index in [1.807, 2.05) is 6.07 Å². The Bertz CT molecular complexity index is 1210. The Morgan fingerprint density at radius 2 is 1.63 bits per heavy atom. The predicted octanol–water partition coefficient (Wildman–Crippen LogP) is 3.15. The largest absolute Gasteiger partial charge is 0.508 e. The van der Waals surface area contributed by atoms with Crippen LogP contribution < -0.4 is 10.2 Å². The Morgan fingerprint density at radius 3 is 2.43 bits per heavy atom. The molecule has 3 aromatic rings. The molecule has 1 atom stereocenters.